The zero-order chi connectivity index (χ0) is 22.4. The topological polar surface area (TPSA) is 76.9 Å². The molecule has 33 heavy (non-hydrogen) atoms. The predicted octanol–water partition coefficient (Wildman–Crippen LogP) is 3.60. The Kier molecular flexibility index (Phi) is 4.79. The molecular formula is C27H24N4O2. The molecule has 6 nitrogen and oxygen atoms in total. The summed E-state index contributed by atoms with van der Waals surface area (Å²) in [5.41, 5.74) is 5.99. The second-order valence-corrected chi connectivity index (χ2v) is 8.97. The summed E-state index contributed by atoms with van der Waals surface area (Å²) in [6.07, 6.45) is 1.23. The highest BCUT2D eigenvalue weighted by molar-refractivity contribution is 5.77. The number of fused-ring (bicyclic) bond motifs is 2. The Morgan fingerprint density at radius 1 is 0.909 bits per heavy atom. The second kappa shape index (κ2) is 7.96. The number of carbonyl (C=O) groups excluding carboxylic acids is 1. The maximum atomic E-state index is 12.7. The van der Waals surface area contributed by atoms with Crippen molar-refractivity contribution in [2.45, 2.75) is 31.2 Å². The molecule has 4 aromatic rings. The first-order valence-corrected chi connectivity index (χ1v) is 11.5. The number of aryl methyl sites for hydroxylation is 1. The van der Waals surface area contributed by atoms with Crippen LogP contribution in [0.15, 0.2) is 77.6 Å². The van der Waals surface area contributed by atoms with Gasteiger partial charge in [-0.1, -0.05) is 65.9 Å². The third kappa shape index (κ3) is 3.33. The van der Waals surface area contributed by atoms with Gasteiger partial charge < -0.3 is 5.32 Å². The van der Waals surface area contributed by atoms with Crippen molar-refractivity contribution in [3.63, 3.8) is 0 Å². The number of aromatic nitrogens is 3. The van der Waals surface area contributed by atoms with Gasteiger partial charge in [0.05, 0.1) is 11.9 Å². The Hall–Kier alpha value is -3.80. The van der Waals surface area contributed by atoms with Gasteiger partial charge in [0.2, 0.25) is 5.91 Å². The average Bonchev–Trinajstić information content (AvgIpc) is 2.87. The zero-order valence-corrected chi connectivity index (χ0v) is 18.1. The maximum Gasteiger partial charge on any atom is 0.277 e. The van der Waals surface area contributed by atoms with Crippen LogP contribution in [-0.4, -0.2) is 27.4 Å². The predicted molar refractivity (Wildman–Crippen MR) is 126 cm³/mol. The Bertz CT molecular complexity index is 1380. The molecule has 164 valence electrons. The van der Waals surface area contributed by atoms with Crippen LogP contribution in [0.4, 0.5) is 0 Å². The Morgan fingerprint density at radius 3 is 2.27 bits per heavy atom. The first-order valence-electron chi connectivity index (χ1n) is 11.5. The van der Waals surface area contributed by atoms with E-state index in [-0.39, 0.29) is 24.4 Å². The van der Waals surface area contributed by atoms with Gasteiger partial charge >= 0.3 is 0 Å². The lowest BCUT2D eigenvalue weighted by molar-refractivity contribution is -0.121. The van der Waals surface area contributed by atoms with Crippen LogP contribution < -0.4 is 10.9 Å². The summed E-state index contributed by atoms with van der Waals surface area (Å²) in [6, 6.07) is 24.6. The summed E-state index contributed by atoms with van der Waals surface area (Å²) in [7, 11) is 0. The first-order chi connectivity index (χ1) is 16.2. The summed E-state index contributed by atoms with van der Waals surface area (Å²) in [5.74, 6) is 0.972. The van der Waals surface area contributed by atoms with E-state index in [4.69, 9.17) is 0 Å². The molecule has 2 bridgehead atoms. The monoisotopic (exact) mass is 436 g/mol. The molecule has 0 fully saturated rings. The molecule has 0 radical (unpaired) electrons. The number of rotatable bonds is 5. The lowest BCUT2D eigenvalue weighted by Crippen LogP contribution is -2.39. The lowest BCUT2D eigenvalue weighted by atomic mass is 9.59. The molecule has 1 heterocycles. The maximum absolute atomic E-state index is 12.7. The van der Waals surface area contributed by atoms with Crippen molar-refractivity contribution in [1.29, 1.82) is 0 Å². The van der Waals surface area contributed by atoms with E-state index in [1.54, 1.807) is 18.2 Å². The lowest BCUT2D eigenvalue weighted by Gasteiger charge is -2.45. The second-order valence-electron chi connectivity index (χ2n) is 8.97. The van der Waals surface area contributed by atoms with Gasteiger partial charge in [-0.15, -0.1) is 5.10 Å². The molecular weight excluding hydrogens is 412 g/mol. The molecule has 1 aromatic heterocycles. The standard InChI is InChI=1S/C27H24N4O2/c32-25(13-14-31-27(33)22-11-5-6-12-24(22)29-30-31)28-16-17-15-23-18-7-1-3-9-20(18)26(17)21-10-4-2-8-19(21)23/h1-12,17,23,26H,13-16H2,(H,28,32). The highest BCUT2D eigenvalue weighted by atomic mass is 16.2. The molecule has 1 amide bonds. The molecule has 0 saturated carbocycles. The van der Waals surface area contributed by atoms with Gasteiger partial charge in [-0.05, 0) is 46.7 Å². The third-order valence-electron chi connectivity index (χ3n) is 7.16. The zero-order valence-electron chi connectivity index (χ0n) is 18.1. The summed E-state index contributed by atoms with van der Waals surface area (Å²) < 4.78 is 1.27. The minimum absolute atomic E-state index is 0.0696. The number of hydrogen-bond acceptors (Lipinski definition) is 4. The van der Waals surface area contributed by atoms with Crippen LogP contribution in [0.25, 0.3) is 10.9 Å². The van der Waals surface area contributed by atoms with Crippen molar-refractivity contribution >= 4 is 16.8 Å². The van der Waals surface area contributed by atoms with Gasteiger partial charge in [-0.25, -0.2) is 4.68 Å². The fourth-order valence-electron chi connectivity index (χ4n) is 5.67. The highest BCUT2D eigenvalue weighted by Gasteiger charge is 2.42. The summed E-state index contributed by atoms with van der Waals surface area (Å²) >= 11 is 0. The SMILES string of the molecule is O=C(CCn1nnc2ccccc2c1=O)NCC1CC2c3ccccc3C1c1ccccc12. The van der Waals surface area contributed by atoms with Crippen molar-refractivity contribution in [3.05, 3.63) is 105 Å². The van der Waals surface area contributed by atoms with E-state index >= 15 is 0 Å². The summed E-state index contributed by atoms with van der Waals surface area (Å²) in [6.45, 7) is 0.839. The number of hydrogen-bond donors (Lipinski definition) is 1. The minimum atomic E-state index is -0.216. The number of amides is 1. The first kappa shape index (κ1) is 19.9. The molecule has 3 aliphatic rings. The fourth-order valence-corrected chi connectivity index (χ4v) is 5.67. The van der Waals surface area contributed by atoms with E-state index in [2.05, 4.69) is 64.2 Å². The smallest absolute Gasteiger partial charge is 0.277 e. The van der Waals surface area contributed by atoms with Gasteiger partial charge in [0.1, 0.15) is 5.52 Å². The van der Waals surface area contributed by atoms with Gasteiger partial charge in [0.15, 0.2) is 0 Å². The summed E-state index contributed by atoms with van der Waals surface area (Å²) in [5, 5.41) is 11.7. The van der Waals surface area contributed by atoms with Gasteiger partial charge in [-0.2, -0.15) is 0 Å². The fraction of sp³-hybridized carbons (Fsp3) is 0.259. The van der Waals surface area contributed by atoms with Crippen LogP contribution in [0, 0.1) is 5.92 Å². The molecule has 3 aromatic carbocycles. The van der Waals surface area contributed by atoms with E-state index < -0.39 is 0 Å². The van der Waals surface area contributed by atoms with Crippen LogP contribution in [0.2, 0.25) is 0 Å². The van der Waals surface area contributed by atoms with Crippen molar-refractivity contribution in [2.75, 3.05) is 6.54 Å². The van der Waals surface area contributed by atoms with Gasteiger partial charge in [-0.3, -0.25) is 9.59 Å². The average molecular weight is 437 g/mol. The molecule has 6 heteroatoms. The van der Waals surface area contributed by atoms with Crippen molar-refractivity contribution < 1.29 is 4.79 Å². The van der Waals surface area contributed by atoms with Crippen molar-refractivity contribution in [1.82, 2.24) is 20.3 Å². The normalized spacial score (nSPS) is 20.3. The van der Waals surface area contributed by atoms with Gasteiger partial charge in [0.25, 0.3) is 5.56 Å². The molecule has 7 rings (SSSR count). The molecule has 3 aliphatic carbocycles. The molecule has 1 atom stereocenters. The van der Waals surface area contributed by atoms with Crippen LogP contribution >= 0.6 is 0 Å². The number of nitrogens with one attached hydrogen (secondary N) is 1. The largest absolute Gasteiger partial charge is 0.356 e. The van der Waals surface area contributed by atoms with E-state index in [0.29, 0.717) is 35.2 Å². The Labute approximate surface area is 191 Å². The molecule has 0 saturated heterocycles. The molecule has 0 aliphatic heterocycles. The quantitative estimate of drug-likeness (QED) is 0.519. The van der Waals surface area contributed by atoms with Crippen LogP contribution in [0.1, 0.15) is 46.9 Å². The van der Waals surface area contributed by atoms with Crippen LogP contribution in [-0.2, 0) is 11.3 Å². The number of carbonyl (C=O) groups is 1. The van der Waals surface area contributed by atoms with Crippen molar-refractivity contribution in [2.24, 2.45) is 5.92 Å². The Morgan fingerprint density at radius 2 is 1.55 bits per heavy atom. The molecule has 1 unspecified atom stereocenters. The minimum Gasteiger partial charge on any atom is -0.356 e. The van der Waals surface area contributed by atoms with E-state index in [9.17, 15) is 9.59 Å². The number of benzene rings is 3. The van der Waals surface area contributed by atoms with Crippen LogP contribution in [0.5, 0.6) is 0 Å². The highest BCUT2D eigenvalue weighted by Crippen LogP contribution is 2.55. The number of nitrogens with zero attached hydrogens (tertiary/aromatic N) is 3. The van der Waals surface area contributed by atoms with Crippen LogP contribution in [0.3, 0.4) is 0 Å². The van der Waals surface area contributed by atoms with Crippen molar-refractivity contribution in [3.8, 4) is 0 Å². The summed E-state index contributed by atoms with van der Waals surface area (Å²) in [4.78, 5) is 25.3. The van der Waals surface area contributed by atoms with E-state index in [0.717, 1.165) is 6.42 Å². The van der Waals surface area contributed by atoms with E-state index in [1.165, 1.54) is 26.9 Å². The Balaban J connectivity index is 1.15. The third-order valence-corrected chi connectivity index (χ3v) is 7.16. The molecule has 0 spiro atoms. The molecule has 1 N–H and O–H groups in total. The van der Waals surface area contributed by atoms with Gasteiger partial charge in [0, 0.05) is 24.8 Å². The van der Waals surface area contributed by atoms with E-state index in [1.807, 2.05) is 6.07 Å².